The Balaban J connectivity index is 1.77. The fourth-order valence-electron chi connectivity index (χ4n) is 5.94. The molecule has 2 heteroatoms. The summed E-state index contributed by atoms with van der Waals surface area (Å²) in [7, 11) is 0. The van der Waals surface area contributed by atoms with E-state index in [-0.39, 0.29) is 5.41 Å². The minimum Gasteiger partial charge on any atom is -0.299 e. The number of hydrogen-bond acceptors (Lipinski definition) is 2. The number of rotatable bonds is 0. The van der Waals surface area contributed by atoms with E-state index in [0.717, 1.165) is 38.5 Å². The average molecular weight is 296 g/mol. The molecule has 3 fully saturated rings. The van der Waals surface area contributed by atoms with Gasteiger partial charge < -0.3 is 0 Å². The van der Waals surface area contributed by atoms with Crippen molar-refractivity contribution in [3.8, 4) is 0 Å². The molecule has 0 aromatic rings. The largest absolute Gasteiger partial charge is 0.299 e. The van der Waals surface area contributed by atoms with Crippen LogP contribution in [0, 0.1) is 29.1 Å². The standard InChI is InChI=1S/C20H24O2/c1-3-12-11-20(2)17(8-9-18(20)22)16-6-4-13-10-14(21)5-7-15(13)19(12)16/h4,15-17,19H,1,5-11H2,2H3/t15-,16-,17-,19+,20-/m0/s1. The van der Waals surface area contributed by atoms with Gasteiger partial charge in [-0.3, -0.25) is 9.59 Å². The second kappa shape index (κ2) is 4.80. The van der Waals surface area contributed by atoms with Crippen molar-refractivity contribution in [2.75, 3.05) is 0 Å². The summed E-state index contributed by atoms with van der Waals surface area (Å²) >= 11 is 0. The number of carbonyl (C=O) groups is 2. The van der Waals surface area contributed by atoms with E-state index < -0.39 is 0 Å². The van der Waals surface area contributed by atoms with Crippen molar-refractivity contribution in [2.24, 2.45) is 29.1 Å². The van der Waals surface area contributed by atoms with Crippen molar-refractivity contribution in [3.63, 3.8) is 0 Å². The maximum atomic E-state index is 12.5. The van der Waals surface area contributed by atoms with Crippen LogP contribution in [0.15, 0.2) is 29.5 Å². The number of ketones is 2. The summed E-state index contributed by atoms with van der Waals surface area (Å²) < 4.78 is 0. The van der Waals surface area contributed by atoms with Crippen molar-refractivity contribution in [2.45, 2.75) is 51.9 Å². The summed E-state index contributed by atoms with van der Waals surface area (Å²) in [4.78, 5) is 24.3. The minimum atomic E-state index is -0.184. The van der Waals surface area contributed by atoms with E-state index in [1.54, 1.807) is 0 Å². The van der Waals surface area contributed by atoms with Crippen LogP contribution in [-0.4, -0.2) is 11.6 Å². The zero-order valence-electron chi connectivity index (χ0n) is 13.4. The Hall–Kier alpha value is -1.40. The minimum absolute atomic E-state index is 0.184. The van der Waals surface area contributed by atoms with Crippen LogP contribution < -0.4 is 0 Å². The lowest BCUT2D eigenvalue weighted by atomic mass is 9.51. The fourth-order valence-corrected chi connectivity index (χ4v) is 5.94. The van der Waals surface area contributed by atoms with E-state index in [1.807, 2.05) is 0 Å². The first kappa shape index (κ1) is 14.2. The van der Waals surface area contributed by atoms with E-state index in [4.69, 9.17) is 0 Å². The Morgan fingerprint density at radius 3 is 2.86 bits per heavy atom. The van der Waals surface area contributed by atoms with Crippen molar-refractivity contribution in [1.82, 2.24) is 0 Å². The summed E-state index contributed by atoms with van der Waals surface area (Å²) in [5, 5.41) is 0. The molecule has 0 N–H and O–H groups in total. The van der Waals surface area contributed by atoms with E-state index in [9.17, 15) is 9.59 Å². The second-order valence-electron chi connectivity index (χ2n) is 7.93. The highest BCUT2D eigenvalue weighted by molar-refractivity contribution is 5.87. The van der Waals surface area contributed by atoms with Crippen LogP contribution in [0.5, 0.6) is 0 Å². The number of hydrogen-bond donors (Lipinski definition) is 0. The third kappa shape index (κ3) is 1.80. The molecule has 0 amide bonds. The van der Waals surface area contributed by atoms with Gasteiger partial charge in [-0.2, -0.15) is 0 Å². The predicted octanol–water partition coefficient (Wildman–Crippen LogP) is 4.02. The summed E-state index contributed by atoms with van der Waals surface area (Å²) in [6.07, 6.45) is 8.36. The molecule has 4 aliphatic carbocycles. The van der Waals surface area contributed by atoms with Crippen LogP contribution in [0.2, 0.25) is 0 Å². The summed E-state index contributed by atoms with van der Waals surface area (Å²) in [5.41, 5.74) is 5.65. The molecule has 4 aliphatic rings. The number of Topliss-reactive ketones (excluding diaryl/α,β-unsaturated/α-hetero) is 2. The second-order valence-corrected chi connectivity index (χ2v) is 7.93. The molecule has 0 aromatic heterocycles. The van der Waals surface area contributed by atoms with Gasteiger partial charge in [0.1, 0.15) is 11.6 Å². The molecule has 5 atom stereocenters. The molecule has 0 aliphatic heterocycles. The molecular weight excluding hydrogens is 272 g/mol. The molecule has 0 spiro atoms. The zero-order chi connectivity index (χ0) is 15.5. The molecule has 0 heterocycles. The van der Waals surface area contributed by atoms with Gasteiger partial charge in [0.2, 0.25) is 0 Å². The highest BCUT2D eigenvalue weighted by atomic mass is 16.1. The third-order valence-electron chi connectivity index (χ3n) is 7.00. The molecule has 3 saturated carbocycles. The molecule has 22 heavy (non-hydrogen) atoms. The van der Waals surface area contributed by atoms with Gasteiger partial charge in [0.15, 0.2) is 0 Å². The Labute approximate surface area is 132 Å². The Morgan fingerprint density at radius 2 is 2.09 bits per heavy atom. The van der Waals surface area contributed by atoms with Crippen LogP contribution in [0.25, 0.3) is 0 Å². The molecule has 116 valence electrons. The number of allylic oxidation sites excluding steroid dienone is 3. The van der Waals surface area contributed by atoms with Crippen LogP contribution in [-0.2, 0) is 9.59 Å². The highest BCUT2D eigenvalue weighted by Crippen LogP contribution is 2.61. The van der Waals surface area contributed by atoms with Crippen molar-refractivity contribution < 1.29 is 9.59 Å². The number of fused-ring (bicyclic) bond motifs is 5. The first-order chi connectivity index (χ1) is 10.5. The molecule has 0 radical (unpaired) electrons. The summed E-state index contributed by atoms with van der Waals surface area (Å²) in [6, 6.07) is 0. The van der Waals surface area contributed by atoms with Crippen molar-refractivity contribution in [1.29, 1.82) is 0 Å². The lowest BCUT2D eigenvalue weighted by molar-refractivity contribution is -0.128. The molecule has 0 unspecified atom stereocenters. The summed E-state index contributed by atoms with van der Waals surface area (Å²) in [6.45, 7) is 6.11. The van der Waals surface area contributed by atoms with Crippen molar-refractivity contribution >= 4 is 11.6 Å². The highest BCUT2D eigenvalue weighted by Gasteiger charge is 2.57. The van der Waals surface area contributed by atoms with Gasteiger partial charge in [0.05, 0.1) is 0 Å². The summed E-state index contributed by atoms with van der Waals surface area (Å²) in [5.74, 6) is 2.88. The van der Waals surface area contributed by atoms with Gasteiger partial charge in [-0.05, 0) is 54.9 Å². The van der Waals surface area contributed by atoms with E-state index >= 15 is 0 Å². The fraction of sp³-hybridized carbons (Fsp3) is 0.650. The quantitative estimate of drug-likeness (QED) is 0.500. The van der Waals surface area contributed by atoms with Gasteiger partial charge in [0, 0.05) is 24.7 Å². The lowest BCUT2D eigenvalue weighted by Gasteiger charge is -2.51. The van der Waals surface area contributed by atoms with Crippen LogP contribution in [0.3, 0.4) is 0 Å². The molecular formula is C20H24O2. The molecule has 2 nitrogen and oxygen atoms in total. The smallest absolute Gasteiger partial charge is 0.139 e. The Kier molecular flexibility index (Phi) is 3.10. The van der Waals surface area contributed by atoms with Crippen LogP contribution >= 0.6 is 0 Å². The maximum Gasteiger partial charge on any atom is 0.139 e. The molecule has 0 saturated heterocycles. The third-order valence-corrected chi connectivity index (χ3v) is 7.00. The Bertz CT molecular complexity index is 634. The van der Waals surface area contributed by atoms with Gasteiger partial charge >= 0.3 is 0 Å². The first-order valence-corrected chi connectivity index (χ1v) is 8.67. The van der Waals surface area contributed by atoms with Gasteiger partial charge in [-0.25, -0.2) is 0 Å². The Morgan fingerprint density at radius 1 is 1.27 bits per heavy atom. The topological polar surface area (TPSA) is 34.1 Å². The maximum absolute atomic E-state index is 12.5. The normalized spacial score (nSPS) is 43.9. The molecule has 4 rings (SSSR count). The van der Waals surface area contributed by atoms with Crippen LogP contribution in [0.4, 0.5) is 0 Å². The monoisotopic (exact) mass is 296 g/mol. The van der Waals surface area contributed by atoms with E-state index in [0.29, 0.717) is 41.7 Å². The lowest BCUT2D eigenvalue weighted by Crippen LogP contribution is -2.47. The zero-order valence-corrected chi connectivity index (χ0v) is 13.4. The SMILES string of the molecule is C=C=C1C[C@]2(C)C(=O)CC[C@H]2[C@@H]2CC=C3CC(=O)CC[C@@H]3[C@@H]12. The molecule has 0 bridgehead atoms. The predicted molar refractivity (Wildman–Crippen MR) is 85.1 cm³/mol. The van der Waals surface area contributed by atoms with Gasteiger partial charge in [-0.1, -0.05) is 25.2 Å². The van der Waals surface area contributed by atoms with E-state index in [2.05, 4.69) is 25.3 Å². The van der Waals surface area contributed by atoms with Gasteiger partial charge in [0.25, 0.3) is 0 Å². The number of carbonyl (C=O) groups excluding carboxylic acids is 2. The average Bonchev–Trinajstić information content (AvgIpc) is 2.81. The van der Waals surface area contributed by atoms with E-state index in [1.165, 1.54) is 11.1 Å². The van der Waals surface area contributed by atoms with Crippen molar-refractivity contribution in [3.05, 3.63) is 29.5 Å². The first-order valence-electron chi connectivity index (χ1n) is 8.67. The van der Waals surface area contributed by atoms with Crippen LogP contribution in [0.1, 0.15) is 51.9 Å². The molecule has 0 aromatic carbocycles. The van der Waals surface area contributed by atoms with Gasteiger partial charge in [-0.15, -0.1) is 5.73 Å².